The van der Waals surface area contributed by atoms with Gasteiger partial charge in [-0.25, -0.2) is 0 Å². The van der Waals surface area contributed by atoms with Gasteiger partial charge in [0, 0.05) is 13.0 Å². The van der Waals surface area contributed by atoms with E-state index in [9.17, 15) is 9.59 Å². The number of nitrogens with one attached hydrogen (secondary N) is 2. The smallest absolute Gasteiger partial charge is 0.242 e. The van der Waals surface area contributed by atoms with E-state index in [1.54, 1.807) is 6.92 Å². The number of carbonyl (C=O) groups is 2. The molecule has 2 N–H and O–H groups in total. The van der Waals surface area contributed by atoms with Gasteiger partial charge >= 0.3 is 0 Å². The lowest BCUT2D eigenvalue weighted by Gasteiger charge is -2.29. The van der Waals surface area contributed by atoms with Gasteiger partial charge in [0.05, 0.1) is 0 Å². The monoisotopic (exact) mass is 240 g/mol. The summed E-state index contributed by atoms with van der Waals surface area (Å²) < 4.78 is 0. The molecule has 1 fully saturated rings. The summed E-state index contributed by atoms with van der Waals surface area (Å²) in [6.45, 7) is 5.37. The van der Waals surface area contributed by atoms with Crippen LogP contribution in [0.1, 0.15) is 52.9 Å². The van der Waals surface area contributed by atoms with Crippen molar-refractivity contribution in [2.75, 3.05) is 0 Å². The van der Waals surface area contributed by atoms with E-state index in [4.69, 9.17) is 0 Å². The van der Waals surface area contributed by atoms with Crippen LogP contribution in [0.3, 0.4) is 0 Å². The molecular weight excluding hydrogens is 216 g/mol. The van der Waals surface area contributed by atoms with Gasteiger partial charge in [-0.05, 0) is 38.5 Å². The van der Waals surface area contributed by atoms with E-state index in [2.05, 4.69) is 17.6 Å². The molecule has 1 saturated carbocycles. The van der Waals surface area contributed by atoms with Crippen LogP contribution in [0.25, 0.3) is 0 Å². The van der Waals surface area contributed by atoms with Gasteiger partial charge in [-0.3, -0.25) is 9.59 Å². The highest BCUT2D eigenvalue weighted by Crippen LogP contribution is 2.26. The molecule has 0 saturated heterocycles. The Morgan fingerprint density at radius 2 is 1.82 bits per heavy atom. The maximum absolute atomic E-state index is 11.8. The lowest BCUT2D eigenvalue weighted by Crippen LogP contribution is -2.48. The Morgan fingerprint density at radius 3 is 2.29 bits per heavy atom. The van der Waals surface area contributed by atoms with Crippen LogP contribution in [0.2, 0.25) is 0 Å². The average molecular weight is 240 g/mol. The van der Waals surface area contributed by atoms with Crippen LogP contribution in [0.5, 0.6) is 0 Å². The Bertz CT molecular complexity index is 271. The van der Waals surface area contributed by atoms with Crippen LogP contribution in [-0.4, -0.2) is 23.9 Å². The maximum Gasteiger partial charge on any atom is 0.242 e. The van der Waals surface area contributed by atoms with Crippen molar-refractivity contribution in [2.45, 2.75) is 65.0 Å². The number of carbonyl (C=O) groups excluding carboxylic acids is 2. The van der Waals surface area contributed by atoms with Crippen molar-refractivity contribution >= 4 is 11.8 Å². The van der Waals surface area contributed by atoms with Gasteiger partial charge in [0.2, 0.25) is 11.8 Å². The molecular formula is C13H24N2O2. The fourth-order valence-electron chi connectivity index (χ4n) is 2.41. The fraction of sp³-hybridized carbons (Fsp3) is 0.846. The molecule has 0 aromatic rings. The SMILES string of the molecule is CCC1CCC(NC(=O)C(C)NC(C)=O)CC1. The second kappa shape index (κ2) is 6.62. The van der Waals surface area contributed by atoms with E-state index in [1.807, 2.05) is 0 Å². The summed E-state index contributed by atoms with van der Waals surface area (Å²) in [5.41, 5.74) is 0. The van der Waals surface area contributed by atoms with Gasteiger partial charge in [0.1, 0.15) is 6.04 Å². The summed E-state index contributed by atoms with van der Waals surface area (Å²) in [5.74, 6) is 0.596. The first kappa shape index (κ1) is 14.0. The summed E-state index contributed by atoms with van der Waals surface area (Å²) in [6, 6.07) is -0.141. The van der Waals surface area contributed by atoms with Crippen LogP contribution in [0.4, 0.5) is 0 Å². The number of hydrogen-bond donors (Lipinski definition) is 2. The topological polar surface area (TPSA) is 58.2 Å². The Kier molecular flexibility index (Phi) is 5.45. The van der Waals surface area contributed by atoms with E-state index < -0.39 is 6.04 Å². The Balaban J connectivity index is 2.30. The van der Waals surface area contributed by atoms with Gasteiger partial charge in [0.25, 0.3) is 0 Å². The molecule has 0 spiro atoms. The van der Waals surface area contributed by atoms with Gasteiger partial charge in [-0.1, -0.05) is 13.3 Å². The predicted octanol–water partition coefficient (Wildman–Crippen LogP) is 1.60. The van der Waals surface area contributed by atoms with Crippen molar-refractivity contribution in [2.24, 2.45) is 5.92 Å². The van der Waals surface area contributed by atoms with Gasteiger partial charge in [-0.2, -0.15) is 0 Å². The summed E-state index contributed by atoms with van der Waals surface area (Å²) in [5, 5.41) is 5.62. The number of hydrogen-bond acceptors (Lipinski definition) is 2. The second-order valence-electron chi connectivity index (χ2n) is 5.06. The van der Waals surface area contributed by atoms with E-state index >= 15 is 0 Å². The molecule has 1 aliphatic carbocycles. The highest BCUT2D eigenvalue weighted by molar-refractivity contribution is 5.86. The van der Waals surface area contributed by atoms with E-state index in [0.717, 1.165) is 18.8 Å². The van der Waals surface area contributed by atoms with Crippen LogP contribution in [-0.2, 0) is 9.59 Å². The van der Waals surface area contributed by atoms with Crippen molar-refractivity contribution in [1.82, 2.24) is 10.6 Å². The van der Waals surface area contributed by atoms with Crippen molar-refractivity contribution < 1.29 is 9.59 Å². The third-order valence-electron chi connectivity index (χ3n) is 3.58. The van der Waals surface area contributed by atoms with Gasteiger partial charge < -0.3 is 10.6 Å². The lowest BCUT2D eigenvalue weighted by molar-refractivity contribution is -0.128. The second-order valence-corrected chi connectivity index (χ2v) is 5.06. The quantitative estimate of drug-likeness (QED) is 0.784. The molecule has 98 valence electrons. The maximum atomic E-state index is 11.8. The molecule has 1 unspecified atom stereocenters. The standard InChI is InChI=1S/C13H24N2O2/c1-4-11-5-7-12(8-6-11)15-13(17)9(2)14-10(3)16/h9,11-12H,4-8H2,1-3H3,(H,14,16)(H,15,17). The lowest BCUT2D eigenvalue weighted by atomic mass is 9.84. The largest absolute Gasteiger partial charge is 0.352 e. The third-order valence-corrected chi connectivity index (χ3v) is 3.58. The fourth-order valence-corrected chi connectivity index (χ4v) is 2.41. The number of rotatable bonds is 4. The van der Waals surface area contributed by atoms with E-state index in [-0.39, 0.29) is 11.8 Å². The van der Waals surface area contributed by atoms with Gasteiger partial charge in [-0.15, -0.1) is 0 Å². The van der Waals surface area contributed by atoms with Crippen molar-refractivity contribution in [3.8, 4) is 0 Å². The van der Waals surface area contributed by atoms with Crippen LogP contribution < -0.4 is 10.6 Å². The predicted molar refractivity (Wildman–Crippen MR) is 67.5 cm³/mol. The Hall–Kier alpha value is -1.06. The zero-order valence-corrected chi connectivity index (χ0v) is 11.1. The molecule has 4 nitrogen and oxygen atoms in total. The molecule has 17 heavy (non-hydrogen) atoms. The molecule has 1 atom stereocenters. The molecule has 0 aromatic heterocycles. The molecule has 2 amide bonds. The Labute approximate surface area is 104 Å². The number of amides is 2. The molecule has 4 heteroatoms. The molecule has 1 aliphatic rings. The third kappa shape index (κ3) is 4.75. The minimum atomic E-state index is -0.434. The van der Waals surface area contributed by atoms with Crippen LogP contribution in [0, 0.1) is 5.92 Å². The molecule has 1 rings (SSSR count). The molecule has 0 bridgehead atoms. The highest BCUT2D eigenvalue weighted by Gasteiger charge is 2.23. The van der Waals surface area contributed by atoms with Crippen molar-refractivity contribution in [3.05, 3.63) is 0 Å². The van der Waals surface area contributed by atoms with E-state index in [0.29, 0.717) is 6.04 Å². The van der Waals surface area contributed by atoms with Crippen molar-refractivity contribution in [1.29, 1.82) is 0 Å². The minimum Gasteiger partial charge on any atom is -0.352 e. The van der Waals surface area contributed by atoms with Crippen LogP contribution in [0.15, 0.2) is 0 Å². The Morgan fingerprint density at radius 1 is 1.24 bits per heavy atom. The van der Waals surface area contributed by atoms with Crippen LogP contribution >= 0.6 is 0 Å². The molecule has 0 aromatic carbocycles. The summed E-state index contributed by atoms with van der Waals surface area (Å²) in [7, 11) is 0. The summed E-state index contributed by atoms with van der Waals surface area (Å²) in [6.07, 6.45) is 5.78. The molecule has 0 aliphatic heterocycles. The first-order chi connectivity index (χ1) is 8.02. The minimum absolute atomic E-state index is 0.0693. The average Bonchev–Trinajstić information content (AvgIpc) is 2.29. The first-order valence-electron chi connectivity index (χ1n) is 6.60. The molecule has 0 radical (unpaired) electrons. The van der Waals surface area contributed by atoms with E-state index in [1.165, 1.54) is 26.2 Å². The normalized spacial score (nSPS) is 26.1. The first-order valence-corrected chi connectivity index (χ1v) is 6.60. The summed E-state index contributed by atoms with van der Waals surface area (Å²) in [4.78, 5) is 22.6. The summed E-state index contributed by atoms with van der Waals surface area (Å²) >= 11 is 0. The molecule has 0 heterocycles. The van der Waals surface area contributed by atoms with Gasteiger partial charge in [0.15, 0.2) is 0 Å². The van der Waals surface area contributed by atoms with Crippen molar-refractivity contribution in [3.63, 3.8) is 0 Å². The zero-order valence-electron chi connectivity index (χ0n) is 11.1. The zero-order chi connectivity index (χ0) is 12.8. The highest BCUT2D eigenvalue weighted by atomic mass is 16.2.